The molecule has 1 atom stereocenters. The van der Waals surface area contributed by atoms with E-state index in [4.69, 9.17) is 9.47 Å². The number of carbonyl (C=O) groups is 1. The van der Waals surface area contributed by atoms with E-state index in [0.717, 1.165) is 5.56 Å². The number of ether oxygens (including phenoxy) is 2. The number of halogens is 3. The minimum Gasteiger partial charge on any atom is -0.444 e. The number of aryl methyl sites for hydroxylation is 1. The second-order valence-corrected chi connectivity index (χ2v) is 11.3. The van der Waals surface area contributed by atoms with Gasteiger partial charge in [-0.15, -0.1) is 0 Å². The summed E-state index contributed by atoms with van der Waals surface area (Å²) in [6, 6.07) is 6.23. The molecular formula is C27H28BrF2N5O3. The van der Waals surface area contributed by atoms with E-state index in [2.05, 4.69) is 26.0 Å². The molecule has 0 aliphatic carbocycles. The summed E-state index contributed by atoms with van der Waals surface area (Å²) < 4.78 is 46.5. The van der Waals surface area contributed by atoms with Gasteiger partial charge >= 0.3 is 6.09 Å². The second kappa shape index (κ2) is 10.1. The first-order valence-electron chi connectivity index (χ1n) is 12.3. The maximum Gasteiger partial charge on any atom is 0.410 e. The molecule has 1 amide bonds. The molecule has 8 nitrogen and oxygen atoms in total. The number of morpholine rings is 1. The zero-order valence-corrected chi connectivity index (χ0v) is 23.1. The number of nitrogens with zero attached hydrogens (tertiary/aromatic N) is 5. The Morgan fingerprint density at radius 2 is 1.97 bits per heavy atom. The molecule has 0 radical (unpaired) electrons. The zero-order valence-electron chi connectivity index (χ0n) is 21.5. The normalized spacial score (nSPS) is 16.3. The number of aromatic nitrogens is 4. The highest BCUT2D eigenvalue weighted by Gasteiger charge is 2.31. The lowest BCUT2D eigenvalue weighted by molar-refractivity contribution is -0.0418. The topological polar surface area (TPSA) is 73.9 Å². The molecule has 1 unspecified atom stereocenters. The smallest absolute Gasteiger partial charge is 0.410 e. The lowest BCUT2D eigenvalue weighted by Crippen LogP contribution is -2.48. The molecule has 200 valence electrons. The Labute approximate surface area is 227 Å². The van der Waals surface area contributed by atoms with Crippen LogP contribution in [0.3, 0.4) is 0 Å². The fourth-order valence-electron chi connectivity index (χ4n) is 4.50. The fraction of sp³-hybridized carbons (Fsp3) is 0.370. The number of imidazole rings is 1. The van der Waals surface area contributed by atoms with E-state index in [1.54, 1.807) is 11.1 Å². The first-order valence-corrected chi connectivity index (χ1v) is 13.0. The van der Waals surface area contributed by atoms with Gasteiger partial charge in [-0.3, -0.25) is 0 Å². The van der Waals surface area contributed by atoms with E-state index in [9.17, 15) is 4.79 Å². The van der Waals surface area contributed by atoms with Crippen LogP contribution in [-0.4, -0.2) is 61.6 Å². The lowest BCUT2D eigenvalue weighted by Gasteiger charge is -2.34. The van der Waals surface area contributed by atoms with E-state index < -0.39 is 29.4 Å². The molecule has 3 aromatic heterocycles. The summed E-state index contributed by atoms with van der Waals surface area (Å²) in [7, 11) is 0. The summed E-state index contributed by atoms with van der Waals surface area (Å²) in [6.07, 6.45) is 4.43. The fourth-order valence-corrected chi connectivity index (χ4v) is 4.79. The average Bonchev–Trinajstić information content (AvgIpc) is 3.41. The highest BCUT2D eigenvalue weighted by molar-refractivity contribution is 9.10. The molecule has 0 N–H and O–H groups in total. The van der Waals surface area contributed by atoms with Crippen LogP contribution in [0.2, 0.25) is 0 Å². The predicted molar refractivity (Wildman–Crippen MR) is 141 cm³/mol. The van der Waals surface area contributed by atoms with Crippen LogP contribution in [0.4, 0.5) is 13.6 Å². The number of fused-ring (bicyclic) bond motifs is 1. The molecule has 1 aliphatic heterocycles. The Morgan fingerprint density at radius 1 is 1.24 bits per heavy atom. The van der Waals surface area contributed by atoms with Gasteiger partial charge in [0.1, 0.15) is 22.9 Å². The highest BCUT2D eigenvalue weighted by Crippen LogP contribution is 2.33. The van der Waals surface area contributed by atoms with Crippen molar-refractivity contribution >= 4 is 27.7 Å². The Morgan fingerprint density at radius 3 is 2.63 bits per heavy atom. The van der Waals surface area contributed by atoms with Crippen LogP contribution in [0, 0.1) is 18.6 Å². The maximum atomic E-state index is 15.5. The summed E-state index contributed by atoms with van der Waals surface area (Å²) in [4.78, 5) is 18.9. The van der Waals surface area contributed by atoms with Gasteiger partial charge in [-0.05, 0) is 61.3 Å². The number of amides is 1. The van der Waals surface area contributed by atoms with E-state index >= 15 is 8.78 Å². The number of pyridine rings is 1. The Balaban J connectivity index is 1.52. The van der Waals surface area contributed by atoms with Crippen LogP contribution in [0.1, 0.15) is 32.0 Å². The lowest BCUT2D eigenvalue weighted by atomic mass is 10.0. The molecule has 0 spiro atoms. The SMILES string of the molecule is Cc1ccn2c(CC3CN(C(=O)OC(C)(C)C)CCO3)c(-c3c(F)cc(-n4cc(Br)cn4)cc3F)nc2c1. The van der Waals surface area contributed by atoms with Gasteiger partial charge in [0.25, 0.3) is 0 Å². The third-order valence-corrected chi connectivity index (χ3v) is 6.58. The van der Waals surface area contributed by atoms with Gasteiger partial charge in [-0.1, -0.05) is 0 Å². The molecule has 1 fully saturated rings. The molecule has 1 aliphatic rings. The molecule has 4 aromatic rings. The second-order valence-electron chi connectivity index (χ2n) is 10.4. The van der Waals surface area contributed by atoms with E-state index in [0.29, 0.717) is 29.0 Å². The first-order chi connectivity index (χ1) is 18.0. The third kappa shape index (κ3) is 5.44. The first kappa shape index (κ1) is 26.3. The van der Waals surface area contributed by atoms with Crippen LogP contribution in [0.15, 0.2) is 47.3 Å². The van der Waals surface area contributed by atoms with Crippen molar-refractivity contribution in [2.45, 2.75) is 45.8 Å². The van der Waals surface area contributed by atoms with Gasteiger partial charge < -0.3 is 18.8 Å². The van der Waals surface area contributed by atoms with E-state index in [1.165, 1.54) is 23.0 Å². The maximum absolute atomic E-state index is 15.5. The van der Waals surface area contributed by atoms with Crippen molar-refractivity contribution in [3.8, 4) is 16.9 Å². The van der Waals surface area contributed by atoms with E-state index in [-0.39, 0.29) is 29.9 Å². The van der Waals surface area contributed by atoms with Crippen LogP contribution < -0.4 is 0 Å². The minimum absolute atomic E-state index is 0.191. The summed E-state index contributed by atoms with van der Waals surface area (Å²) >= 11 is 3.30. The van der Waals surface area contributed by atoms with E-state index in [1.807, 2.05) is 50.4 Å². The van der Waals surface area contributed by atoms with Crippen molar-refractivity contribution in [2.24, 2.45) is 0 Å². The molecule has 11 heteroatoms. The largest absolute Gasteiger partial charge is 0.444 e. The molecule has 5 rings (SSSR count). The number of rotatable bonds is 4. The summed E-state index contributed by atoms with van der Waals surface area (Å²) in [5, 5.41) is 4.11. The van der Waals surface area contributed by atoms with Gasteiger partial charge in [-0.25, -0.2) is 23.2 Å². The molecule has 38 heavy (non-hydrogen) atoms. The van der Waals surface area contributed by atoms with Crippen molar-refractivity contribution < 1.29 is 23.0 Å². The van der Waals surface area contributed by atoms with Crippen LogP contribution in [-0.2, 0) is 15.9 Å². The summed E-state index contributed by atoms with van der Waals surface area (Å²) in [6.45, 7) is 8.38. The van der Waals surface area contributed by atoms with Crippen molar-refractivity contribution in [3.05, 3.63) is 70.2 Å². The van der Waals surface area contributed by atoms with Crippen LogP contribution >= 0.6 is 15.9 Å². The predicted octanol–water partition coefficient (Wildman–Crippen LogP) is 5.71. The summed E-state index contributed by atoms with van der Waals surface area (Å²) in [5.41, 5.74) is 1.71. The van der Waals surface area contributed by atoms with Gasteiger partial charge in [0.15, 0.2) is 0 Å². The molecule has 0 bridgehead atoms. The molecule has 0 saturated carbocycles. The zero-order chi connectivity index (χ0) is 27.2. The van der Waals surface area contributed by atoms with Gasteiger partial charge in [0.2, 0.25) is 0 Å². The Kier molecular flexibility index (Phi) is 6.99. The molecular weight excluding hydrogens is 560 g/mol. The van der Waals surface area contributed by atoms with Crippen molar-refractivity contribution in [3.63, 3.8) is 0 Å². The Hall–Kier alpha value is -3.31. The summed E-state index contributed by atoms with van der Waals surface area (Å²) in [5.74, 6) is -1.51. The van der Waals surface area contributed by atoms with Crippen molar-refractivity contribution in [1.29, 1.82) is 0 Å². The molecule has 1 saturated heterocycles. The molecule has 1 aromatic carbocycles. The van der Waals surface area contributed by atoms with Crippen LogP contribution in [0.25, 0.3) is 22.6 Å². The molecule has 4 heterocycles. The number of carbonyl (C=O) groups excluding carboxylic acids is 1. The van der Waals surface area contributed by atoms with Crippen LogP contribution in [0.5, 0.6) is 0 Å². The van der Waals surface area contributed by atoms with Gasteiger partial charge in [0, 0.05) is 37.5 Å². The quantitative estimate of drug-likeness (QED) is 0.305. The standard InChI is InChI=1S/C27H28BrF2N5O3/c1-16-5-6-34-22(12-19-15-33(7-8-37-19)26(36)38-27(2,3)4)25(32-23(34)9-16)24-20(29)10-18(11-21(24)30)35-14-17(28)13-31-35/h5-6,9-11,13-14,19H,7-8,12,15H2,1-4H3. The van der Waals surface area contributed by atoms with Crippen molar-refractivity contribution in [2.75, 3.05) is 19.7 Å². The van der Waals surface area contributed by atoms with Crippen molar-refractivity contribution in [1.82, 2.24) is 24.1 Å². The number of hydrogen-bond donors (Lipinski definition) is 0. The monoisotopic (exact) mass is 587 g/mol. The minimum atomic E-state index is -0.757. The number of benzene rings is 1. The highest BCUT2D eigenvalue weighted by atomic mass is 79.9. The number of hydrogen-bond acceptors (Lipinski definition) is 5. The van der Waals surface area contributed by atoms with Gasteiger partial charge in [0.05, 0.1) is 52.6 Å². The third-order valence-electron chi connectivity index (χ3n) is 6.17. The average molecular weight is 588 g/mol. The Bertz CT molecular complexity index is 1490. The van der Waals surface area contributed by atoms with Gasteiger partial charge in [-0.2, -0.15) is 5.10 Å².